The Labute approximate surface area is 156 Å². The van der Waals surface area contributed by atoms with Crippen molar-refractivity contribution in [3.8, 4) is 0 Å². The largest absolute Gasteiger partial charge is 0.358 e. The highest BCUT2D eigenvalue weighted by atomic mass is 16.2. The minimum absolute atomic E-state index is 0.0674. The van der Waals surface area contributed by atoms with Crippen LogP contribution in [0, 0.1) is 6.92 Å². The first kappa shape index (κ1) is 17.0. The van der Waals surface area contributed by atoms with Crippen molar-refractivity contribution in [2.24, 2.45) is 0 Å². The number of hydrogen-bond donors (Lipinski definition) is 2. The van der Waals surface area contributed by atoms with Crippen molar-refractivity contribution < 1.29 is 14.4 Å². The average Bonchev–Trinajstić information content (AvgIpc) is 3.20. The van der Waals surface area contributed by atoms with Crippen molar-refractivity contribution >= 4 is 34.2 Å². The molecular formula is C21H19N3O3. The maximum absolute atomic E-state index is 12.7. The number of benzene rings is 2. The van der Waals surface area contributed by atoms with E-state index >= 15 is 0 Å². The molecule has 1 aliphatic heterocycles. The summed E-state index contributed by atoms with van der Waals surface area (Å²) in [5, 5.41) is 3.45. The van der Waals surface area contributed by atoms with Gasteiger partial charge in [-0.15, -0.1) is 0 Å². The lowest BCUT2D eigenvalue weighted by atomic mass is 10.1. The molecule has 136 valence electrons. The van der Waals surface area contributed by atoms with E-state index in [2.05, 4.69) is 10.3 Å². The third-order valence-corrected chi connectivity index (χ3v) is 4.85. The molecule has 1 aromatic heterocycles. The highest BCUT2D eigenvalue weighted by molar-refractivity contribution is 6.45. The number of nitrogens with one attached hydrogen (secondary N) is 2. The number of anilines is 1. The minimum atomic E-state index is -0.685. The fourth-order valence-corrected chi connectivity index (χ4v) is 3.60. The van der Waals surface area contributed by atoms with Crippen LogP contribution in [-0.2, 0) is 9.59 Å². The number of carbonyl (C=O) groups excluding carboxylic acids is 3. The Morgan fingerprint density at radius 2 is 1.78 bits per heavy atom. The summed E-state index contributed by atoms with van der Waals surface area (Å²) >= 11 is 0. The van der Waals surface area contributed by atoms with E-state index in [1.165, 1.54) is 0 Å². The summed E-state index contributed by atoms with van der Waals surface area (Å²) in [7, 11) is 0. The van der Waals surface area contributed by atoms with Gasteiger partial charge in [0.05, 0.1) is 11.6 Å². The summed E-state index contributed by atoms with van der Waals surface area (Å²) in [4.78, 5) is 42.3. The number of ketones is 1. The molecule has 4 rings (SSSR count). The van der Waals surface area contributed by atoms with Crippen LogP contribution in [0.1, 0.15) is 22.5 Å². The number of aromatic amines is 1. The molecule has 3 aromatic rings. The van der Waals surface area contributed by atoms with Gasteiger partial charge in [0.2, 0.25) is 5.91 Å². The minimum Gasteiger partial charge on any atom is -0.358 e. The average molecular weight is 361 g/mol. The molecule has 0 bridgehead atoms. The van der Waals surface area contributed by atoms with Crippen molar-refractivity contribution in [1.82, 2.24) is 10.3 Å². The van der Waals surface area contributed by atoms with Crippen LogP contribution in [0.3, 0.4) is 0 Å². The van der Waals surface area contributed by atoms with Gasteiger partial charge < -0.3 is 15.2 Å². The Kier molecular flexibility index (Phi) is 4.24. The van der Waals surface area contributed by atoms with E-state index in [4.69, 9.17) is 0 Å². The molecule has 0 aliphatic carbocycles. The summed E-state index contributed by atoms with van der Waals surface area (Å²) in [6.45, 7) is 2.13. The number of Topliss-reactive ketones (excluding diaryl/α,β-unsaturated/α-hetero) is 1. The fraction of sp³-hybridized carbons (Fsp3) is 0.190. The maximum atomic E-state index is 12.7. The zero-order chi connectivity index (χ0) is 19.0. The van der Waals surface area contributed by atoms with Gasteiger partial charge in [-0.3, -0.25) is 14.4 Å². The van der Waals surface area contributed by atoms with Crippen LogP contribution in [0.4, 0.5) is 5.69 Å². The lowest BCUT2D eigenvalue weighted by molar-refractivity contribution is -0.118. The number of fused-ring (bicyclic) bond motifs is 1. The molecule has 27 heavy (non-hydrogen) atoms. The lowest BCUT2D eigenvalue weighted by Gasteiger charge is -2.17. The molecule has 1 fully saturated rings. The summed E-state index contributed by atoms with van der Waals surface area (Å²) < 4.78 is 0. The van der Waals surface area contributed by atoms with Crippen molar-refractivity contribution in [2.75, 3.05) is 11.4 Å². The standard InChI is InChI=1S/C21H19N3O3/c1-13-19(16-9-5-6-10-17(16)22-13)20(26)21(27)23-14-11-18(25)24(12-14)15-7-3-2-4-8-15/h2-10,14,22H,11-12H2,1H3,(H,23,27)/t14-/m1/s1. The van der Waals surface area contributed by atoms with E-state index < -0.39 is 11.7 Å². The van der Waals surface area contributed by atoms with E-state index in [0.717, 1.165) is 16.6 Å². The predicted octanol–water partition coefficient (Wildman–Crippen LogP) is 2.58. The van der Waals surface area contributed by atoms with Crippen LogP contribution in [0.15, 0.2) is 54.6 Å². The summed E-state index contributed by atoms with van der Waals surface area (Å²) in [6.07, 6.45) is 0.181. The fourth-order valence-electron chi connectivity index (χ4n) is 3.60. The molecule has 2 N–H and O–H groups in total. The van der Waals surface area contributed by atoms with E-state index in [0.29, 0.717) is 17.8 Å². The van der Waals surface area contributed by atoms with Crippen LogP contribution in [0.2, 0.25) is 0 Å². The van der Waals surface area contributed by atoms with Gasteiger partial charge in [-0.1, -0.05) is 36.4 Å². The number of hydrogen-bond acceptors (Lipinski definition) is 3. The third-order valence-electron chi connectivity index (χ3n) is 4.85. The predicted molar refractivity (Wildman–Crippen MR) is 103 cm³/mol. The molecule has 0 unspecified atom stereocenters. The Hall–Kier alpha value is -3.41. The molecule has 2 heterocycles. The van der Waals surface area contributed by atoms with Crippen LogP contribution in [-0.4, -0.2) is 35.2 Å². The quantitative estimate of drug-likeness (QED) is 0.553. The van der Waals surface area contributed by atoms with Gasteiger partial charge >= 0.3 is 0 Å². The maximum Gasteiger partial charge on any atom is 0.292 e. The molecule has 1 atom stereocenters. The van der Waals surface area contributed by atoms with Crippen LogP contribution >= 0.6 is 0 Å². The van der Waals surface area contributed by atoms with Crippen molar-refractivity contribution in [1.29, 1.82) is 0 Å². The van der Waals surface area contributed by atoms with Gasteiger partial charge in [-0.2, -0.15) is 0 Å². The topological polar surface area (TPSA) is 82.3 Å². The smallest absolute Gasteiger partial charge is 0.292 e. The molecule has 0 radical (unpaired) electrons. The Bertz CT molecular complexity index is 1040. The SMILES string of the molecule is Cc1[nH]c2ccccc2c1C(=O)C(=O)N[C@@H]1CC(=O)N(c2ccccc2)C1. The molecule has 2 amide bonds. The summed E-state index contributed by atoms with van der Waals surface area (Å²) in [6, 6.07) is 16.3. The third kappa shape index (κ3) is 3.10. The van der Waals surface area contributed by atoms with Gasteiger partial charge in [0.25, 0.3) is 11.7 Å². The number of aromatic nitrogens is 1. The van der Waals surface area contributed by atoms with E-state index in [9.17, 15) is 14.4 Å². The summed E-state index contributed by atoms with van der Waals surface area (Å²) in [5.41, 5.74) is 2.65. The number of nitrogens with zero attached hydrogens (tertiary/aromatic N) is 1. The van der Waals surface area contributed by atoms with E-state index in [1.807, 2.05) is 54.6 Å². The van der Waals surface area contributed by atoms with Gasteiger partial charge in [-0.25, -0.2) is 0 Å². The molecule has 6 heteroatoms. The molecule has 1 saturated heterocycles. The highest BCUT2D eigenvalue weighted by Gasteiger charge is 2.33. The zero-order valence-corrected chi connectivity index (χ0v) is 14.9. The van der Waals surface area contributed by atoms with Crippen LogP contribution in [0.25, 0.3) is 10.9 Å². The molecular weight excluding hydrogens is 342 g/mol. The Balaban J connectivity index is 1.50. The van der Waals surface area contributed by atoms with Crippen molar-refractivity contribution in [3.63, 3.8) is 0 Å². The monoisotopic (exact) mass is 361 g/mol. The van der Waals surface area contributed by atoms with Gasteiger partial charge in [0.15, 0.2) is 0 Å². The highest BCUT2D eigenvalue weighted by Crippen LogP contribution is 2.23. The van der Waals surface area contributed by atoms with Crippen LogP contribution in [0.5, 0.6) is 0 Å². The Morgan fingerprint density at radius 1 is 1.07 bits per heavy atom. The second-order valence-corrected chi connectivity index (χ2v) is 6.71. The number of aryl methyl sites for hydroxylation is 1. The molecule has 2 aromatic carbocycles. The molecule has 1 aliphatic rings. The van der Waals surface area contributed by atoms with E-state index in [-0.39, 0.29) is 18.4 Å². The molecule has 0 spiro atoms. The van der Waals surface area contributed by atoms with Gasteiger partial charge in [0, 0.05) is 35.2 Å². The normalized spacial score (nSPS) is 16.7. The molecule has 0 saturated carbocycles. The van der Waals surface area contributed by atoms with Gasteiger partial charge in [0.1, 0.15) is 0 Å². The number of para-hydroxylation sites is 2. The molecule has 6 nitrogen and oxygen atoms in total. The first-order valence-corrected chi connectivity index (χ1v) is 8.82. The second-order valence-electron chi connectivity index (χ2n) is 6.71. The number of amides is 2. The van der Waals surface area contributed by atoms with Crippen LogP contribution < -0.4 is 10.2 Å². The zero-order valence-electron chi connectivity index (χ0n) is 14.9. The van der Waals surface area contributed by atoms with Crippen molar-refractivity contribution in [3.05, 3.63) is 65.9 Å². The Morgan fingerprint density at radius 3 is 2.56 bits per heavy atom. The van der Waals surface area contributed by atoms with Crippen molar-refractivity contribution in [2.45, 2.75) is 19.4 Å². The number of H-pyrrole nitrogens is 1. The van der Waals surface area contributed by atoms with E-state index in [1.54, 1.807) is 11.8 Å². The first-order chi connectivity index (χ1) is 13.0. The lowest BCUT2D eigenvalue weighted by Crippen LogP contribution is -2.41. The van der Waals surface area contributed by atoms with Gasteiger partial charge in [-0.05, 0) is 25.1 Å². The number of carbonyl (C=O) groups is 3. The number of rotatable bonds is 4. The summed E-state index contributed by atoms with van der Waals surface area (Å²) in [5.74, 6) is -1.34. The first-order valence-electron chi connectivity index (χ1n) is 8.82. The second kappa shape index (κ2) is 6.72.